The van der Waals surface area contributed by atoms with Crippen LogP contribution < -0.4 is 10.9 Å². The van der Waals surface area contributed by atoms with Crippen LogP contribution in [0.4, 0.5) is 0 Å². The van der Waals surface area contributed by atoms with Gasteiger partial charge in [0.15, 0.2) is 5.52 Å². The Hall–Kier alpha value is -3.83. The molecule has 2 unspecified atom stereocenters. The van der Waals surface area contributed by atoms with Crippen molar-refractivity contribution in [2.24, 2.45) is 7.05 Å². The van der Waals surface area contributed by atoms with Crippen LogP contribution in [0.15, 0.2) is 41.5 Å². The summed E-state index contributed by atoms with van der Waals surface area (Å²) in [4.78, 5) is 35.4. The van der Waals surface area contributed by atoms with Crippen LogP contribution >= 0.6 is 0 Å². The third-order valence-corrected chi connectivity index (χ3v) is 8.57. The maximum absolute atomic E-state index is 13.0. The summed E-state index contributed by atoms with van der Waals surface area (Å²) in [5, 5.41) is 23.5. The molecule has 4 aromatic rings. The molecular weight excluding hydrogens is 508 g/mol. The Morgan fingerprint density at radius 3 is 2.80 bits per heavy atom. The number of H-pyrrole nitrogens is 1. The van der Waals surface area contributed by atoms with Crippen LogP contribution in [0.2, 0.25) is 0 Å². The minimum absolute atomic E-state index is 0.0339. The molecule has 1 saturated heterocycles. The number of likely N-dealkylation sites (tertiary alicyclic amines) is 1. The molecule has 11 nitrogen and oxygen atoms in total. The van der Waals surface area contributed by atoms with Gasteiger partial charge < -0.3 is 20.3 Å². The first kappa shape index (κ1) is 26.4. The summed E-state index contributed by atoms with van der Waals surface area (Å²) in [6, 6.07) is 8.58. The Kier molecular flexibility index (Phi) is 6.79. The van der Waals surface area contributed by atoms with Gasteiger partial charge in [-0.05, 0) is 62.9 Å². The molecule has 3 aromatic heterocycles. The maximum Gasteiger partial charge on any atom is 0.279 e. The highest BCUT2D eigenvalue weighted by atomic mass is 16.3. The van der Waals surface area contributed by atoms with Crippen LogP contribution in [-0.2, 0) is 24.7 Å². The lowest BCUT2D eigenvalue weighted by Gasteiger charge is -2.38. The number of aliphatic hydroxyl groups is 1. The van der Waals surface area contributed by atoms with Crippen LogP contribution in [-0.4, -0.2) is 71.2 Å². The summed E-state index contributed by atoms with van der Waals surface area (Å²) >= 11 is 0. The van der Waals surface area contributed by atoms with E-state index in [0.29, 0.717) is 49.7 Å². The molecule has 1 aromatic carbocycles. The number of benzene rings is 1. The number of carbonyl (C=O) groups is 1. The van der Waals surface area contributed by atoms with E-state index in [0.717, 1.165) is 24.1 Å². The van der Waals surface area contributed by atoms with E-state index in [1.807, 2.05) is 33.3 Å². The molecule has 0 saturated carbocycles. The van der Waals surface area contributed by atoms with Gasteiger partial charge in [-0.3, -0.25) is 19.0 Å². The van der Waals surface area contributed by atoms with Gasteiger partial charge in [0.1, 0.15) is 11.3 Å². The Labute approximate surface area is 232 Å². The number of amides is 1. The molecule has 2 aliphatic rings. The number of hydrogen-bond acceptors (Lipinski definition) is 7. The van der Waals surface area contributed by atoms with Gasteiger partial charge in [-0.15, -0.1) is 0 Å². The van der Waals surface area contributed by atoms with Gasteiger partial charge in [0.05, 0.1) is 17.3 Å². The minimum atomic E-state index is -1.06. The number of fused-ring (bicyclic) bond motifs is 2. The Balaban J connectivity index is 1.20. The summed E-state index contributed by atoms with van der Waals surface area (Å²) in [6.07, 6.45) is 7.00. The number of carbonyl (C=O) groups excluding carboxylic acids is 1. The Morgan fingerprint density at radius 2 is 2.08 bits per heavy atom. The Morgan fingerprint density at radius 1 is 1.27 bits per heavy atom. The van der Waals surface area contributed by atoms with Crippen molar-refractivity contribution in [1.29, 1.82) is 0 Å². The first-order valence-electron chi connectivity index (χ1n) is 14.0. The van der Waals surface area contributed by atoms with Gasteiger partial charge in [-0.25, -0.2) is 4.98 Å². The van der Waals surface area contributed by atoms with Crippen molar-refractivity contribution in [2.75, 3.05) is 20.1 Å². The van der Waals surface area contributed by atoms with Crippen LogP contribution in [0.5, 0.6) is 0 Å². The fourth-order valence-corrected chi connectivity index (χ4v) is 6.27. The first-order valence-corrected chi connectivity index (χ1v) is 14.0. The number of aromatic amines is 1. The van der Waals surface area contributed by atoms with Crippen LogP contribution in [0, 0.1) is 0 Å². The van der Waals surface area contributed by atoms with E-state index < -0.39 is 5.60 Å². The summed E-state index contributed by atoms with van der Waals surface area (Å²) < 4.78 is 3.50. The summed E-state index contributed by atoms with van der Waals surface area (Å²) in [6.45, 7) is 2.88. The molecule has 1 aliphatic heterocycles. The van der Waals surface area contributed by atoms with Crippen molar-refractivity contribution in [3.8, 4) is 11.3 Å². The highest BCUT2D eigenvalue weighted by Crippen LogP contribution is 2.35. The molecule has 0 spiro atoms. The lowest BCUT2D eigenvalue weighted by Crippen LogP contribution is -2.48. The predicted molar refractivity (Wildman–Crippen MR) is 151 cm³/mol. The number of piperidine rings is 1. The van der Waals surface area contributed by atoms with Crippen molar-refractivity contribution in [1.82, 2.24) is 39.7 Å². The summed E-state index contributed by atoms with van der Waals surface area (Å²) in [5.74, 6) is 0.478. The molecule has 1 amide bonds. The number of rotatable bonds is 7. The van der Waals surface area contributed by atoms with E-state index in [2.05, 4.69) is 38.7 Å². The van der Waals surface area contributed by atoms with Gasteiger partial charge in [-0.1, -0.05) is 12.1 Å². The molecule has 3 N–H and O–H groups in total. The standard InChI is InChI=1S/C29H36N8O3/c1-18(37-12-4-11-31-37)15-24(38)36-13-9-29(40,10-14-36)17-23-32-25-26(28(39)33-23)34-35(3)27(25)20-5-7-21-19(16-20)6-8-22(21)30-2/h4-5,7,11-12,16,18,22,30,40H,6,8-10,13-15,17H2,1-3H3,(H,32,33,39). The second-order valence-corrected chi connectivity index (χ2v) is 11.3. The monoisotopic (exact) mass is 544 g/mol. The first-order chi connectivity index (χ1) is 19.2. The topological polar surface area (TPSA) is 134 Å². The van der Waals surface area contributed by atoms with Gasteiger partial charge in [0, 0.05) is 57.0 Å². The molecule has 4 heterocycles. The van der Waals surface area contributed by atoms with Crippen molar-refractivity contribution in [2.45, 2.75) is 63.1 Å². The molecule has 1 fully saturated rings. The van der Waals surface area contributed by atoms with E-state index in [1.165, 1.54) is 11.1 Å². The molecular formula is C29H36N8O3. The van der Waals surface area contributed by atoms with Gasteiger partial charge in [0.2, 0.25) is 5.91 Å². The van der Waals surface area contributed by atoms with E-state index in [9.17, 15) is 14.7 Å². The quantitative estimate of drug-likeness (QED) is 0.325. The number of nitrogens with one attached hydrogen (secondary N) is 2. The fraction of sp³-hybridized carbons (Fsp3) is 0.483. The van der Waals surface area contributed by atoms with Crippen molar-refractivity contribution in [3.05, 3.63) is 64.0 Å². The zero-order valence-electron chi connectivity index (χ0n) is 23.2. The van der Waals surface area contributed by atoms with E-state index in [-0.39, 0.29) is 29.4 Å². The lowest BCUT2D eigenvalue weighted by atomic mass is 9.87. The molecule has 40 heavy (non-hydrogen) atoms. The van der Waals surface area contributed by atoms with Gasteiger partial charge in [-0.2, -0.15) is 10.2 Å². The summed E-state index contributed by atoms with van der Waals surface area (Å²) in [5.41, 5.74) is 3.81. The number of aromatic nitrogens is 6. The van der Waals surface area contributed by atoms with Gasteiger partial charge in [0.25, 0.3) is 5.56 Å². The van der Waals surface area contributed by atoms with E-state index >= 15 is 0 Å². The van der Waals surface area contributed by atoms with Crippen LogP contribution in [0.3, 0.4) is 0 Å². The smallest absolute Gasteiger partial charge is 0.279 e. The highest BCUT2D eigenvalue weighted by molar-refractivity contribution is 5.89. The molecule has 0 radical (unpaired) electrons. The number of nitrogens with zero attached hydrogens (tertiary/aromatic N) is 6. The number of hydrogen-bond donors (Lipinski definition) is 3. The average Bonchev–Trinajstić information content (AvgIpc) is 3.67. The zero-order valence-corrected chi connectivity index (χ0v) is 23.2. The zero-order chi connectivity index (χ0) is 28.0. The second-order valence-electron chi connectivity index (χ2n) is 11.3. The average molecular weight is 545 g/mol. The normalized spacial score (nSPS) is 19.2. The summed E-state index contributed by atoms with van der Waals surface area (Å²) in [7, 11) is 3.81. The van der Waals surface area contributed by atoms with Crippen molar-refractivity contribution >= 4 is 16.9 Å². The fourth-order valence-electron chi connectivity index (χ4n) is 6.27. The largest absolute Gasteiger partial charge is 0.389 e. The molecule has 0 bridgehead atoms. The van der Waals surface area contributed by atoms with Crippen molar-refractivity contribution in [3.63, 3.8) is 0 Å². The maximum atomic E-state index is 13.0. The van der Waals surface area contributed by atoms with Gasteiger partial charge >= 0.3 is 0 Å². The molecule has 11 heteroatoms. The molecule has 6 rings (SSSR count). The third kappa shape index (κ3) is 4.84. The molecule has 1 aliphatic carbocycles. The van der Waals surface area contributed by atoms with Crippen LogP contribution in [0.1, 0.15) is 61.6 Å². The van der Waals surface area contributed by atoms with Crippen LogP contribution in [0.25, 0.3) is 22.3 Å². The highest BCUT2D eigenvalue weighted by Gasteiger charge is 2.35. The van der Waals surface area contributed by atoms with Crippen molar-refractivity contribution < 1.29 is 9.90 Å². The Bertz CT molecular complexity index is 1600. The molecule has 210 valence electrons. The third-order valence-electron chi connectivity index (χ3n) is 8.57. The predicted octanol–water partition coefficient (Wildman–Crippen LogP) is 2.27. The SMILES string of the molecule is CNC1CCc2cc(-c3c4nc(CC5(O)CCN(C(=O)CC(C)n6cccn6)CC5)[nH]c(=O)c4nn3C)ccc21. The van der Waals surface area contributed by atoms with E-state index in [4.69, 9.17) is 4.98 Å². The second kappa shape index (κ2) is 10.3. The number of aryl methyl sites for hydroxylation is 2. The minimum Gasteiger partial charge on any atom is -0.389 e. The van der Waals surface area contributed by atoms with E-state index in [1.54, 1.807) is 20.5 Å². The molecule has 2 atom stereocenters. The lowest BCUT2D eigenvalue weighted by molar-refractivity contribution is -0.136.